The Morgan fingerprint density at radius 3 is 1.90 bits per heavy atom. The predicted molar refractivity (Wildman–Crippen MR) is 76.6 cm³/mol. The number of benzene rings is 1. The van der Waals surface area contributed by atoms with Crippen molar-refractivity contribution < 1.29 is 26.6 Å². The number of nitrogens with two attached hydrogens (primary N) is 1. The van der Waals surface area contributed by atoms with Gasteiger partial charge >= 0.3 is 0 Å². The molecule has 0 aliphatic heterocycles. The summed E-state index contributed by atoms with van der Waals surface area (Å²) in [5, 5.41) is 0. The van der Waals surface area contributed by atoms with Gasteiger partial charge in [-0.1, -0.05) is 36.4 Å². The highest BCUT2D eigenvalue weighted by molar-refractivity contribution is 5.76. The van der Waals surface area contributed by atoms with Gasteiger partial charge < -0.3 is 18.1 Å². The van der Waals surface area contributed by atoms with E-state index in [1.54, 1.807) is 29.1 Å². The first-order valence-corrected chi connectivity index (χ1v) is 6.18. The molecular weight excluding hydrogens is 288 g/mol. The molecule has 0 saturated heterocycles. The molecule has 0 spiro atoms. The zero-order chi connectivity index (χ0) is 14.4. The van der Waals surface area contributed by atoms with Gasteiger partial charge in [-0.2, -0.15) is 4.57 Å². The summed E-state index contributed by atoms with van der Waals surface area (Å²) in [6, 6.07) is 11.1. The number of rotatable bonds is 5. The van der Waals surface area contributed by atoms with Crippen molar-refractivity contribution in [2.45, 2.75) is 6.54 Å². The molecule has 0 bridgehead atoms. The Balaban J connectivity index is 0.00000220. The molecule has 1 aromatic heterocycles. The van der Waals surface area contributed by atoms with Gasteiger partial charge in [0.05, 0.1) is 0 Å². The van der Waals surface area contributed by atoms with Crippen LogP contribution in [0, 0.1) is 0 Å². The van der Waals surface area contributed by atoms with Gasteiger partial charge in [0, 0.05) is 17.7 Å². The first kappa shape index (κ1) is 16.6. The van der Waals surface area contributed by atoms with E-state index in [4.69, 9.17) is 5.73 Å². The molecule has 4 nitrogen and oxygen atoms in total. The predicted octanol–water partition coefficient (Wildman–Crippen LogP) is -1.55. The Hall–Kier alpha value is -2.46. The molecule has 1 aromatic carbocycles. The Labute approximate surface area is 129 Å². The van der Waals surface area contributed by atoms with Gasteiger partial charge in [-0.25, -0.2) is 0 Å². The Kier molecular flexibility index (Phi) is 6.30. The van der Waals surface area contributed by atoms with Crippen molar-refractivity contribution in [1.29, 1.82) is 0 Å². The number of carbonyl (C=O) groups is 2. The molecule has 21 heavy (non-hydrogen) atoms. The van der Waals surface area contributed by atoms with Crippen molar-refractivity contribution in [3.05, 3.63) is 65.5 Å². The second-order valence-electron chi connectivity index (χ2n) is 4.39. The fraction of sp³-hybridized carbons (Fsp3) is 0.0625. The van der Waals surface area contributed by atoms with Crippen LogP contribution in [0.15, 0.2) is 48.8 Å². The van der Waals surface area contributed by atoms with Gasteiger partial charge in [0.1, 0.15) is 6.29 Å². The Morgan fingerprint density at radius 1 is 0.952 bits per heavy atom. The van der Waals surface area contributed by atoms with Crippen LogP contribution in [0.5, 0.6) is 0 Å². The summed E-state index contributed by atoms with van der Waals surface area (Å²) in [5.74, 6) is -0.367. The van der Waals surface area contributed by atoms with E-state index in [1.165, 1.54) is 0 Å². The molecule has 0 aliphatic carbocycles. The van der Waals surface area contributed by atoms with Crippen molar-refractivity contribution in [3.63, 3.8) is 0 Å². The standard InChI is InChI=1S/C16H14N2O2.ClH/c17-16(20)11-18-9-7-14(8-10-18)2-1-13-3-5-15(12-19)6-4-13;/h1-10,12H,11H2,(H-,17,20);1H/b2-1+;. The molecule has 0 fully saturated rings. The molecule has 0 atom stereocenters. The van der Waals surface area contributed by atoms with Gasteiger partial charge in [0.25, 0.3) is 5.91 Å². The van der Waals surface area contributed by atoms with Crippen molar-refractivity contribution in [1.82, 2.24) is 0 Å². The van der Waals surface area contributed by atoms with Crippen LogP contribution >= 0.6 is 0 Å². The van der Waals surface area contributed by atoms with Gasteiger partial charge in [-0.3, -0.25) is 9.59 Å². The zero-order valence-corrected chi connectivity index (χ0v) is 12.0. The summed E-state index contributed by atoms with van der Waals surface area (Å²) in [7, 11) is 0. The fourth-order valence-electron chi connectivity index (χ4n) is 1.74. The summed E-state index contributed by atoms with van der Waals surface area (Å²) in [6.45, 7) is 0.178. The monoisotopic (exact) mass is 302 g/mol. The minimum Gasteiger partial charge on any atom is -1.00 e. The number of primary amides is 1. The normalized spacial score (nSPS) is 10.1. The summed E-state index contributed by atoms with van der Waals surface area (Å²) in [5.41, 5.74) is 7.82. The van der Waals surface area contributed by atoms with E-state index in [9.17, 15) is 9.59 Å². The van der Waals surface area contributed by atoms with Gasteiger partial charge in [-0.05, 0) is 11.1 Å². The number of nitrogens with zero attached hydrogens (tertiary/aromatic N) is 1. The first-order valence-electron chi connectivity index (χ1n) is 6.18. The number of halogens is 1. The largest absolute Gasteiger partial charge is 1.00 e. The third-order valence-electron chi connectivity index (χ3n) is 2.80. The molecule has 2 rings (SSSR count). The minimum absolute atomic E-state index is 0. The van der Waals surface area contributed by atoms with Crippen molar-refractivity contribution >= 4 is 24.3 Å². The maximum Gasteiger partial charge on any atom is 0.283 e. The number of carbonyl (C=O) groups excluding carboxylic acids is 2. The van der Waals surface area contributed by atoms with Crippen LogP contribution in [0.1, 0.15) is 21.5 Å². The Morgan fingerprint density at radius 2 is 1.43 bits per heavy atom. The topological polar surface area (TPSA) is 64.0 Å². The van der Waals surface area contributed by atoms with Crippen LogP contribution in [0.4, 0.5) is 0 Å². The van der Waals surface area contributed by atoms with Crippen molar-refractivity contribution in [2.75, 3.05) is 0 Å². The lowest BCUT2D eigenvalue weighted by molar-refractivity contribution is -0.684. The maximum atomic E-state index is 10.8. The highest BCUT2D eigenvalue weighted by Gasteiger charge is 2.03. The average Bonchev–Trinajstić information content (AvgIpc) is 2.46. The van der Waals surface area contributed by atoms with E-state index in [0.717, 1.165) is 17.4 Å². The lowest BCUT2D eigenvalue weighted by Crippen LogP contribution is -3.00. The first-order chi connectivity index (χ1) is 9.67. The van der Waals surface area contributed by atoms with Gasteiger partial charge in [0.2, 0.25) is 6.54 Å². The molecule has 2 aromatic rings. The van der Waals surface area contributed by atoms with E-state index in [1.807, 2.05) is 36.4 Å². The van der Waals surface area contributed by atoms with E-state index in [2.05, 4.69) is 0 Å². The number of hydrogen-bond acceptors (Lipinski definition) is 2. The maximum absolute atomic E-state index is 10.8. The number of aldehydes is 1. The number of hydrogen-bond donors (Lipinski definition) is 1. The lowest BCUT2D eigenvalue weighted by atomic mass is 10.1. The van der Waals surface area contributed by atoms with Crippen molar-refractivity contribution in [3.8, 4) is 0 Å². The molecule has 2 N–H and O–H groups in total. The zero-order valence-electron chi connectivity index (χ0n) is 11.3. The van der Waals surface area contributed by atoms with Crippen LogP contribution in [-0.2, 0) is 11.3 Å². The summed E-state index contributed by atoms with van der Waals surface area (Å²) >= 11 is 0. The fourth-order valence-corrected chi connectivity index (χ4v) is 1.74. The molecule has 0 aliphatic rings. The van der Waals surface area contributed by atoms with Crippen LogP contribution in [0.2, 0.25) is 0 Å². The van der Waals surface area contributed by atoms with Gasteiger partial charge in [0.15, 0.2) is 12.4 Å². The number of amides is 1. The molecule has 1 heterocycles. The van der Waals surface area contributed by atoms with E-state index in [0.29, 0.717) is 5.56 Å². The Bertz CT molecular complexity index is 634. The molecule has 1 amide bonds. The molecule has 5 heteroatoms. The number of aromatic nitrogens is 1. The highest BCUT2D eigenvalue weighted by Crippen LogP contribution is 2.08. The van der Waals surface area contributed by atoms with Gasteiger partial charge in [-0.15, -0.1) is 0 Å². The van der Waals surface area contributed by atoms with Crippen LogP contribution in [0.25, 0.3) is 12.2 Å². The SMILES string of the molecule is NC(=O)C[n+]1ccc(/C=C/c2ccc(C=O)cc2)cc1.[Cl-]. The average molecular weight is 303 g/mol. The molecular formula is C16H15ClN2O2. The smallest absolute Gasteiger partial charge is 0.283 e. The highest BCUT2D eigenvalue weighted by atomic mass is 35.5. The number of pyridine rings is 1. The summed E-state index contributed by atoms with van der Waals surface area (Å²) < 4.78 is 1.72. The molecule has 108 valence electrons. The third kappa shape index (κ3) is 5.20. The van der Waals surface area contributed by atoms with E-state index < -0.39 is 0 Å². The summed E-state index contributed by atoms with van der Waals surface area (Å²) in [6.07, 6.45) is 8.36. The molecule has 0 radical (unpaired) electrons. The van der Waals surface area contributed by atoms with Crippen LogP contribution in [-0.4, -0.2) is 12.2 Å². The van der Waals surface area contributed by atoms with E-state index in [-0.39, 0.29) is 24.9 Å². The summed E-state index contributed by atoms with van der Waals surface area (Å²) in [4.78, 5) is 21.3. The van der Waals surface area contributed by atoms with E-state index >= 15 is 0 Å². The van der Waals surface area contributed by atoms with Crippen LogP contribution < -0.4 is 22.7 Å². The van der Waals surface area contributed by atoms with Crippen molar-refractivity contribution in [2.24, 2.45) is 5.73 Å². The lowest BCUT2D eigenvalue weighted by Gasteiger charge is -1.96. The van der Waals surface area contributed by atoms with Crippen LogP contribution in [0.3, 0.4) is 0 Å². The molecule has 0 unspecified atom stereocenters. The molecule has 0 saturated carbocycles. The second-order valence-corrected chi connectivity index (χ2v) is 4.39. The third-order valence-corrected chi connectivity index (χ3v) is 2.80. The minimum atomic E-state index is -0.367. The quantitative estimate of drug-likeness (QED) is 0.537. The second kappa shape index (κ2) is 7.97.